The molecule has 1 saturated carbocycles. The number of nitrogens with zero attached hydrogens (tertiary/aromatic N) is 4. The second-order valence-corrected chi connectivity index (χ2v) is 7.61. The molecule has 2 fully saturated rings. The van der Waals surface area contributed by atoms with Gasteiger partial charge in [0.05, 0.1) is 6.54 Å². The van der Waals surface area contributed by atoms with Gasteiger partial charge in [0.15, 0.2) is 0 Å². The first-order valence-electron chi connectivity index (χ1n) is 7.88. The molecular weight excluding hydrogens is 294 g/mol. The van der Waals surface area contributed by atoms with Crippen LogP contribution in [0.4, 0.5) is 5.95 Å². The third-order valence-corrected chi connectivity index (χ3v) is 5.75. The monoisotopic (exact) mass is 315 g/mol. The summed E-state index contributed by atoms with van der Waals surface area (Å²) in [4.78, 5) is 15.6. The van der Waals surface area contributed by atoms with Crippen LogP contribution in [0.1, 0.15) is 30.0 Å². The van der Waals surface area contributed by atoms with Gasteiger partial charge in [-0.1, -0.05) is 0 Å². The van der Waals surface area contributed by atoms with Crippen LogP contribution < -0.4 is 5.32 Å². The van der Waals surface area contributed by atoms with Gasteiger partial charge in [-0.2, -0.15) is 0 Å². The number of hydrogen-bond donors (Lipinski definition) is 1. The fourth-order valence-electron chi connectivity index (χ4n) is 3.81. The summed E-state index contributed by atoms with van der Waals surface area (Å²) >= 11 is 1.78. The molecule has 1 N–H and O–H groups in total. The van der Waals surface area contributed by atoms with Gasteiger partial charge < -0.3 is 5.32 Å². The van der Waals surface area contributed by atoms with Gasteiger partial charge in [-0.3, -0.25) is 4.90 Å². The zero-order valence-corrected chi connectivity index (χ0v) is 13.6. The predicted molar refractivity (Wildman–Crippen MR) is 87.9 cm³/mol. The number of rotatable bonds is 4. The highest BCUT2D eigenvalue weighted by Crippen LogP contribution is 2.49. The van der Waals surface area contributed by atoms with Crippen LogP contribution in [0.2, 0.25) is 0 Å². The van der Waals surface area contributed by atoms with E-state index in [9.17, 15) is 0 Å². The Kier molecular flexibility index (Phi) is 3.58. The Balaban J connectivity index is 1.29. The quantitative estimate of drug-likeness (QED) is 0.940. The van der Waals surface area contributed by atoms with E-state index >= 15 is 0 Å². The van der Waals surface area contributed by atoms with Crippen LogP contribution in [0.15, 0.2) is 23.8 Å². The van der Waals surface area contributed by atoms with Gasteiger partial charge in [-0.25, -0.2) is 15.0 Å². The first-order valence-corrected chi connectivity index (χ1v) is 8.76. The zero-order valence-electron chi connectivity index (χ0n) is 12.8. The Bertz CT molecular complexity index is 635. The highest BCUT2D eigenvalue weighted by Gasteiger charge is 2.48. The van der Waals surface area contributed by atoms with Crippen molar-refractivity contribution in [3.8, 4) is 0 Å². The second kappa shape index (κ2) is 5.59. The van der Waals surface area contributed by atoms with Gasteiger partial charge >= 0.3 is 0 Å². The first kappa shape index (κ1) is 14.1. The molecule has 22 heavy (non-hydrogen) atoms. The maximum absolute atomic E-state index is 4.58. The van der Waals surface area contributed by atoms with Crippen molar-refractivity contribution in [2.45, 2.75) is 38.8 Å². The van der Waals surface area contributed by atoms with Gasteiger partial charge in [-0.15, -0.1) is 11.3 Å². The summed E-state index contributed by atoms with van der Waals surface area (Å²) in [7, 11) is 0. The van der Waals surface area contributed by atoms with Crippen LogP contribution in [-0.2, 0) is 6.54 Å². The van der Waals surface area contributed by atoms with Gasteiger partial charge in [0.2, 0.25) is 5.95 Å². The Morgan fingerprint density at radius 3 is 2.91 bits per heavy atom. The average Bonchev–Trinajstić information content (AvgIpc) is 3.07. The van der Waals surface area contributed by atoms with Crippen LogP contribution in [-0.4, -0.2) is 39.0 Å². The molecule has 1 saturated heterocycles. The summed E-state index contributed by atoms with van der Waals surface area (Å²) in [6.07, 6.45) is 7.36. The lowest BCUT2D eigenvalue weighted by atomic mass is 9.65. The number of aryl methyl sites for hydroxylation is 1. The standard InChI is InChI=1S/C16H21N5S/c1-12-10-22-14(19-12)9-21-6-3-16(11-21)7-13(8-16)20-15-17-4-2-5-18-15/h2,4-5,10,13H,3,6-9,11H2,1H3,(H,17,18,20). The van der Waals surface area contributed by atoms with Crippen LogP contribution in [0.5, 0.6) is 0 Å². The molecule has 1 aliphatic carbocycles. The molecule has 2 aliphatic rings. The molecule has 0 atom stereocenters. The number of aromatic nitrogens is 3. The Hall–Kier alpha value is -1.53. The Labute approximate surface area is 134 Å². The van der Waals surface area contributed by atoms with Crippen molar-refractivity contribution < 1.29 is 0 Å². The molecule has 4 rings (SSSR count). The minimum Gasteiger partial charge on any atom is -0.351 e. The molecule has 3 heterocycles. The van der Waals surface area contributed by atoms with E-state index in [1.54, 1.807) is 23.7 Å². The van der Waals surface area contributed by atoms with E-state index in [2.05, 4.69) is 37.5 Å². The topological polar surface area (TPSA) is 53.9 Å². The average molecular weight is 315 g/mol. The Morgan fingerprint density at radius 1 is 1.36 bits per heavy atom. The van der Waals surface area contributed by atoms with Gasteiger partial charge in [0.1, 0.15) is 5.01 Å². The summed E-state index contributed by atoms with van der Waals surface area (Å²) in [5, 5.41) is 6.84. The van der Waals surface area contributed by atoms with Crippen LogP contribution >= 0.6 is 11.3 Å². The largest absolute Gasteiger partial charge is 0.351 e. The lowest BCUT2D eigenvalue weighted by Crippen LogP contribution is -2.47. The van der Waals surface area contributed by atoms with E-state index in [0.717, 1.165) is 18.2 Å². The van der Waals surface area contributed by atoms with Crippen molar-refractivity contribution in [2.75, 3.05) is 18.4 Å². The second-order valence-electron chi connectivity index (χ2n) is 6.67. The summed E-state index contributed by atoms with van der Waals surface area (Å²) in [5.41, 5.74) is 1.66. The first-order chi connectivity index (χ1) is 10.7. The molecule has 1 aliphatic heterocycles. The van der Waals surface area contributed by atoms with E-state index in [1.807, 2.05) is 6.07 Å². The van der Waals surface area contributed by atoms with E-state index in [-0.39, 0.29) is 0 Å². The summed E-state index contributed by atoms with van der Waals surface area (Å²) in [5.74, 6) is 0.760. The fourth-order valence-corrected chi connectivity index (χ4v) is 4.62. The normalized spacial score (nSPS) is 28.0. The Morgan fingerprint density at radius 2 is 2.18 bits per heavy atom. The van der Waals surface area contributed by atoms with Crippen molar-refractivity contribution in [3.05, 3.63) is 34.5 Å². The molecule has 1 spiro atoms. The van der Waals surface area contributed by atoms with Crippen LogP contribution in [0.3, 0.4) is 0 Å². The molecule has 116 valence electrons. The lowest BCUT2D eigenvalue weighted by molar-refractivity contribution is 0.119. The third kappa shape index (κ3) is 2.85. The van der Waals surface area contributed by atoms with E-state index < -0.39 is 0 Å². The maximum Gasteiger partial charge on any atom is 0.222 e. The fraction of sp³-hybridized carbons (Fsp3) is 0.562. The third-order valence-electron chi connectivity index (χ3n) is 4.80. The van der Waals surface area contributed by atoms with Crippen LogP contribution in [0.25, 0.3) is 0 Å². The summed E-state index contributed by atoms with van der Waals surface area (Å²) < 4.78 is 0. The van der Waals surface area contributed by atoms with Gasteiger partial charge in [0.25, 0.3) is 0 Å². The van der Waals surface area contributed by atoms with E-state index in [4.69, 9.17) is 0 Å². The SMILES string of the molecule is Cc1csc(CN2CCC3(CC(Nc4ncccn4)C3)C2)n1. The predicted octanol–water partition coefficient (Wildman–Crippen LogP) is 2.71. The highest BCUT2D eigenvalue weighted by molar-refractivity contribution is 7.09. The van der Waals surface area contributed by atoms with E-state index in [0.29, 0.717) is 11.5 Å². The number of likely N-dealkylation sites (tertiary alicyclic amines) is 1. The molecule has 0 unspecified atom stereocenters. The van der Waals surface area contributed by atoms with Crippen molar-refractivity contribution in [1.82, 2.24) is 19.9 Å². The van der Waals surface area contributed by atoms with Crippen molar-refractivity contribution in [1.29, 1.82) is 0 Å². The molecular formula is C16H21N5S. The molecule has 2 aromatic heterocycles. The zero-order chi connectivity index (χ0) is 15.0. The smallest absolute Gasteiger partial charge is 0.222 e. The van der Waals surface area contributed by atoms with Crippen LogP contribution in [0, 0.1) is 12.3 Å². The molecule has 5 nitrogen and oxygen atoms in total. The van der Waals surface area contributed by atoms with Gasteiger partial charge in [-0.05, 0) is 44.2 Å². The van der Waals surface area contributed by atoms with E-state index in [1.165, 1.54) is 37.4 Å². The number of anilines is 1. The molecule has 0 amide bonds. The molecule has 0 aromatic carbocycles. The maximum atomic E-state index is 4.58. The number of thiazole rings is 1. The van der Waals surface area contributed by atoms with Gasteiger partial charge in [0, 0.05) is 36.1 Å². The molecule has 2 aromatic rings. The summed E-state index contributed by atoms with van der Waals surface area (Å²) in [6, 6.07) is 2.38. The molecule has 0 radical (unpaired) electrons. The van der Waals surface area contributed by atoms with Crippen molar-refractivity contribution in [3.63, 3.8) is 0 Å². The van der Waals surface area contributed by atoms with Crippen molar-refractivity contribution in [2.24, 2.45) is 5.41 Å². The van der Waals surface area contributed by atoms with Crippen molar-refractivity contribution >= 4 is 17.3 Å². The summed E-state index contributed by atoms with van der Waals surface area (Å²) in [6.45, 7) is 5.49. The highest BCUT2D eigenvalue weighted by atomic mass is 32.1. The molecule has 0 bridgehead atoms. The molecule has 6 heteroatoms. The number of nitrogens with one attached hydrogen (secondary N) is 1. The number of hydrogen-bond acceptors (Lipinski definition) is 6. The minimum absolute atomic E-state index is 0.513. The lowest BCUT2D eigenvalue weighted by Gasteiger charge is -2.45. The minimum atomic E-state index is 0.513.